The molecule has 3 heterocycles. The van der Waals surface area contributed by atoms with Crippen molar-refractivity contribution in [3.05, 3.63) is 53.2 Å². The monoisotopic (exact) mass is 392 g/mol. The van der Waals surface area contributed by atoms with E-state index in [1.54, 1.807) is 18.4 Å². The Balaban J connectivity index is 1.30. The second kappa shape index (κ2) is 8.26. The Labute approximate surface area is 160 Å². The molecule has 1 aliphatic rings. The summed E-state index contributed by atoms with van der Waals surface area (Å²) in [4.78, 5) is 1.47. The first kappa shape index (κ1) is 17.6. The summed E-state index contributed by atoms with van der Waals surface area (Å²) in [6.07, 6.45) is 1.73. The zero-order valence-corrected chi connectivity index (χ0v) is 15.6. The molecule has 3 aromatic rings. The first-order valence-corrected chi connectivity index (χ1v) is 9.83. The quantitative estimate of drug-likeness (QED) is 0.650. The number of nitrogens with zero attached hydrogens (tertiary/aromatic N) is 2. The Hall–Kier alpha value is -1.80. The van der Waals surface area contributed by atoms with Gasteiger partial charge < -0.3 is 18.5 Å². The number of nitrogens with one attached hydrogen (secondary N) is 1. The molecule has 0 spiro atoms. The van der Waals surface area contributed by atoms with Crippen molar-refractivity contribution in [2.24, 2.45) is 0 Å². The molecular formula is C18H19ClN3O3S+. The molecule has 8 heteroatoms. The minimum absolute atomic E-state index is 0.144. The molecule has 0 radical (unpaired) electrons. The van der Waals surface area contributed by atoms with Gasteiger partial charge in [0.15, 0.2) is 5.76 Å². The number of halogens is 1. The van der Waals surface area contributed by atoms with Crippen LogP contribution in [-0.4, -0.2) is 41.8 Å². The van der Waals surface area contributed by atoms with Crippen LogP contribution in [0.15, 0.2) is 56.7 Å². The standard InChI is InChI=1S/C18H18ClN3O3S/c19-15-5-2-1-4-13(15)10-22-7-9-23-14(11-22)12-26-18-21-20-17(25-18)16-6-3-8-24-16/h1-6,8,14H,7,9-12H2/p+1/t14-/m1/s1. The van der Waals surface area contributed by atoms with Gasteiger partial charge in [-0.1, -0.05) is 41.6 Å². The van der Waals surface area contributed by atoms with Crippen molar-refractivity contribution in [2.45, 2.75) is 17.9 Å². The fourth-order valence-corrected chi connectivity index (χ4v) is 3.95. The van der Waals surface area contributed by atoms with Crippen LogP contribution in [-0.2, 0) is 11.3 Å². The maximum atomic E-state index is 6.28. The van der Waals surface area contributed by atoms with Crippen molar-refractivity contribution in [2.75, 3.05) is 25.4 Å². The van der Waals surface area contributed by atoms with Crippen molar-refractivity contribution in [3.63, 3.8) is 0 Å². The molecule has 2 aromatic heterocycles. The van der Waals surface area contributed by atoms with Crippen molar-refractivity contribution in [3.8, 4) is 11.7 Å². The summed E-state index contributed by atoms with van der Waals surface area (Å²) in [6, 6.07) is 11.6. The predicted octanol–water partition coefficient (Wildman–Crippen LogP) is 2.56. The van der Waals surface area contributed by atoms with E-state index in [-0.39, 0.29) is 6.10 Å². The molecule has 1 fully saturated rings. The number of morpholine rings is 1. The predicted molar refractivity (Wildman–Crippen MR) is 98.3 cm³/mol. The van der Waals surface area contributed by atoms with E-state index in [1.807, 2.05) is 18.2 Å². The molecule has 0 saturated carbocycles. The van der Waals surface area contributed by atoms with Gasteiger partial charge in [-0.3, -0.25) is 0 Å². The van der Waals surface area contributed by atoms with E-state index in [0.29, 0.717) is 16.9 Å². The molecule has 26 heavy (non-hydrogen) atoms. The summed E-state index contributed by atoms with van der Waals surface area (Å²) < 4.78 is 16.8. The Morgan fingerprint density at radius 1 is 1.19 bits per heavy atom. The lowest BCUT2D eigenvalue weighted by atomic mass is 10.2. The number of hydrogen-bond acceptors (Lipinski definition) is 6. The van der Waals surface area contributed by atoms with Gasteiger partial charge in [0.1, 0.15) is 25.7 Å². The third-order valence-corrected chi connectivity index (χ3v) is 5.57. The highest BCUT2D eigenvalue weighted by atomic mass is 35.5. The molecule has 0 amide bonds. The Kier molecular flexibility index (Phi) is 5.59. The zero-order chi connectivity index (χ0) is 17.8. The van der Waals surface area contributed by atoms with Crippen LogP contribution in [0.4, 0.5) is 0 Å². The zero-order valence-electron chi connectivity index (χ0n) is 14.1. The van der Waals surface area contributed by atoms with E-state index < -0.39 is 0 Å². The average Bonchev–Trinajstić information content (AvgIpc) is 3.34. The molecule has 0 bridgehead atoms. The number of rotatable bonds is 6. The SMILES string of the molecule is Clc1ccccc1C[NH+]1CCO[C@@H](CSc2nnc(-c3ccco3)o2)C1. The Bertz CT molecular complexity index is 840. The van der Waals surface area contributed by atoms with Crippen molar-refractivity contribution >= 4 is 23.4 Å². The number of hydrogen-bond donors (Lipinski definition) is 1. The highest BCUT2D eigenvalue weighted by Crippen LogP contribution is 2.24. The number of thioether (sulfide) groups is 1. The molecule has 4 rings (SSSR count). The molecular weight excluding hydrogens is 374 g/mol. The van der Waals surface area contributed by atoms with E-state index in [4.69, 9.17) is 25.2 Å². The van der Waals surface area contributed by atoms with E-state index in [0.717, 1.165) is 37.0 Å². The largest absolute Gasteiger partial charge is 0.459 e. The number of ether oxygens (including phenoxy) is 1. The van der Waals surface area contributed by atoms with Crippen LogP contribution >= 0.6 is 23.4 Å². The first-order chi connectivity index (χ1) is 12.8. The van der Waals surface area contributed by atoms with Gasteiger partial charge in [0.25, 0.3) is 11.1 Å². The first-order valence-electron chi connectivity index (χ1n) is 8.46. The Morgan fingerprint density at radius 2 is 2.12 bits per heavy atom. The third kappa shape index (κ3) is 4.29. The molecule has 1 aromatic carbocycles. The lowest BCUT2D eigenvalue weighted by Crippen LogP contribution is -3.13. The maximum absolute atomic E-state index is 6.28. The third-order valence-electron chi connectivity index (χ3n) is 4.25. The normalized spacial score (nSPS) is 20.3. The molecule has 1 saturated heterocycles. The van der Waals surface area contributed by atoms with E-state index in [9.17, 15) is 0 Å². The van der Waals surface area contributed by atoms with Crippen LogP contribution in [0, 0.1) is 0 Å². The lowest BCUT2D eigenvalue weighted by Gasteiger charge is -2.30. The summed E-state index contributed by atoms with van der Waals surface area (Å²) in [5, 5.41) is 9.43. The second-order valence-corrected chi connectivity index (χ2v) is 7.50. The maximum Gasteiger partial charge on any atom is 0.284 e. The topological polar surface area (TPSA) is 65.7 Å². The van der Waals surface area contributed by atoms with Gasteiger partial charge in [-0.15, -0.1) is 10.2 Å². The number of quaternary nitrogens is 1. The highest BCUT2D eigenvalue weighted by molar-refractivity contribution is 7.99. The van der Waals surface area contributed by atoms with Crippen molar-refractivity contribution < 1.29 is 18.5 Å². The van der Waals surface area contributed by atoms with Gasteiger partial charge in [-0.25, -0.2) is 0 Å². The fourth-order valence-electron chi connectivity index (χ4n) is 2.96. The fraction of sp³-hybridized carbons (Fsp3) is 0.333. The van der Waals surface area contributed by atoms with Gasteiger partial charge in [-0.2, -0.15) is 0 Å². The molecule has 6 nitrogen and oxygen atoms in total. The van der Waals surface area contributed by atoms with Crippen molar-refractivity contribution in [1.29, 1.82) is 0 Å². The summed E-state index contributed by atoms with van der Waals surface area (Å²) in [6.45, 7) is 3.56. The van der Waals surface area contributed by atoms with Crippen LogP contribution in [0.1, 0.15) is 5.56 Å². The summed E-state index contributed by atoms with van der Waals surface area (Å²) in [7, 11) is 0. The molecule has 2 atom stereocenters. The van der Waals surface area contributed by atoms with Crippen LogP contribution in [0.3, 0.4) is 0 Å². The minimum Gasteiger partial charge on any atom is -0.459 e. The van der Waals surface area contributed by atoms with Crippen LogP contribution < -0.4 is 4.90 Å². The summed E-state index contributed by atoms with van der Waals surface area (Å²) in [5.41, 5.74) is 1.18. The molecule has 1 N–H and O–H groups in total. The number of aromatic nitrogens is 2. The van der Waals surface area contributed by atoms with Crippen molar-refractivity contribution in [1.82, 2.24) is 10.2 Å². The van der Waals surface area contributed by atoms with Crippen LogP contribution in [0.5, 0.6) is 0 Å². The molecule has 0 aliphatic carbocycles. The van der Waals surface area contributed by atoms with Gasteiger partial charge in [-0.05, 0) is 18.2 Å². The second-order valence-electron chi connectivity index (χ2n) is 6.13. The van der Waals surface area contributed by atoms with E-state index >= 15 is 0 Å². The number of benzene rings is 1. The van der Waals surface area contributed by atoms with Crippen LogP contribution in [0.25, 0.3) is 11.7 Å². The molecule has 136 valence electrons. The molecule has 1 unspecified atom stereocenters. The van der Waals surface area contributed by atoms with Gasteiger partial charge in [0, 0.05) is 16.3 Å². The summed E-state index contributed by atoms with van der Waals surface area (Å²) >= 11 is 7.79. The number of furan rings is 1. The minimum atomic E-state index is 0.144. The average molecular weight is 393 g/mol. The smallest absolute Gasteiger partial charge is 0.284 e. The Morgan fingerprint density at radius 3 is 2.96 bits per heavy atom. The van der Waals surface area contributed by atoms with Gasteiger partial charge in [0.2, 0.25) is 0 Å². The van der Waals surface area contributed by atoms with Gasteiger partial charge >= 0.3 is 0 Å². The van der Waals surface area contributed by atoms with Gasteiger partial charge in [0.05, 0.1) is 12.9 Å². The highest BCUT2D eigenvalue weighted by Gasteiger charge is 2.25. The van der Waals surface area contributed by atoms with Crippen LogP contribution in [0.2, 0.25) is 5.02 Å². The van der Waals surface area contributed by atoms with E-state index in [1.165, 1.54) is 22.2 Å². The summed E-state index contributed by atoms with van der Waals surface area (Å²) in [5.74, 6) is 1.74. The molecule has 1 aliphatic heterocycles. The van der Waals surface area contributed by atoms with E-state index in [2.05, 4.69) is 16.3 Å². The lowest BCUT2D eigenvalue weighted by molar-refractivity contribution is -0.924.